The maximum atomic E-state index is 13.6. The summed E-state index contributed by atoms with van der Waals surface area (Å²) >= 11 is 0. The smallest absolute Gasteiger partial charge is 0.212 e. The lowest BCUT2D eigenvalue weighted by Crippen LogP contribution is -2.08. The summed E-state index contributed by atoms with van der Waals surface area (Å²) in [7, 11) is -0.0385. The molecular formula is C25H22N6O2S. The average molecular weight is 471 g/mol. The van der Waals surface area contributed by atoms with Crippen molar-refractivity contribution in [3.63, 3.8) is 0 Å². The molecule has 9 heteroatoms. The van der Waals surface area contributed by atoms with Crippen molar-refractivity contribution in [1.82, 2.24) is 14.6 Å². The summed E-state index contributed by atoms with van der Waals surface area (Å²) in [5.74, 6) is -0.0460. The summed E-state index contributed by atoms with van der Waals surface area (Å²) < 4.78 is 28.5. The minimum absolute atomic E-state index is 0.0460. The quantitative estimate of drug-likeness (QED) is 0.390. The lowest BCUT2D eigenvalue weighted by molar-refractivity contribution is 0.597. The summed E-state index contributed by atoms with van der Waals surface area (Å²) in [6.45, 7) is 0. The van der Waals surface area contributed by atoms with Gasteiger partial charge in [0.15, 0.2) is 5.65 Å². The number of nitrogens with two attached hydrogens (primary N) is 1. The van der Waals surface area contributed by atoms with Gasteiger partial charge >= 0.3 is 0 Å². The Morgan fingerprint density at radius 2 is 1.50 bits per heavy atom. The summed E-state index contributed by atoms with van der Waals surface area (Å²) in [4.78, 5) is 11.3. The Hall–Kier alpha value is -4.24. The molecule has 0 saturated heterocycles. The van der Waals surface area contributed by atoms with Gasteiger partial charge in [-0.05, 0) is 42.0 Å². The Kier molecular flexibility index (Phi) is 5.25. The topological polar surface area (TPSA) is 106 Å². The third kappa shape index (κ3) is 3.65. The Bertz CT molecular complexity index is 1640. The number of nitrogens with zero attached hydrogens (tertiary/aromatic N) is 5. The van der Waals surface area contributed by atoms with Gasteiger partial charge in [0.2, 0.25) is 9.84 Å². The zero-order chi connectivity index (χ0) is 23.9. The van der Waals surface area contributed by atoms with Crippen molar-refractivity contribution in [2.24, 2.45) is 5.10 Å². The van der Waals surface area contributed by atoms with Crippen LogP contribution in [0.3, 0.4) is 0 Å². The number of hydrogen-bond donors (Lipinski definition) is 1. The molecule has 2 N–H and O–H groups in total. The van der Waals surface area contributed by atoms with Crippen LogP contribution in [-0.2, 0) is 9.84 Å². The molecule has 8 nitrogen and oxygen atoms in total. The van der Waals surface area contributed by atoms with E-state index in [1.165, 1.54) is 16.8 Å². The molecule has 0 atom stereocenters. The Labute approximate surface area is 196 Å². The van der Waals surface area contributed by atoms with E-state index in [0.29, 0.717) is 11.0 Å². The number of sulfone groups is 1. The number of fused-ring (bicyclic) bond motifs is 2. The average Bonchev–Trinajstić information content (AvgIpc) is 3.12. The molecule has 2 aromatic heterocycles. The van der Waals surface area contributed by atoms with Gasteiger partial charge in [0.25, 0.3) is 0 Å². The molecule has 0 saturated carbocycles. The third-order valence-electron chi connectivity index (χ3n) is 5.48. The first-order chi connectivity index (χ1) is 16.4. The molecule has 0 spiro atoms. The fourth-order valence-electron chi connectivity index (χ4n) is 3.70. The Morgan fingerprint density at radius 3 is 2.15 bits per heavy atom. The van der Waals surface area contributed by atoms with Crippen LogP contribution in [-0.4, -0.2) is 43.4 Å². The van der Waals surface area contributed by atoms with Crippen LogP contribution >= 0.6 is 0 Å². The monoisotopic (exact) mass is 470 g/mol. The van der Waals surface area contributed by atoms with Crippen LogP contribution in [0.2, 0.25) is 0 Å². The normalized spacial score (nSPS) is 12.1. The number of anilines is 2. The summed E-state index contributed by atoms with van der Waals surface area (Å²) in [5.41, 5.74) is 9.93. The van der Waals surface area contributed by atoms with Crippen LogP contribution in [0.5, 0.6) is 0 Å². The van der Waals surface area contributed by atoms with Gasteiger partial charge in [-0.3, -0.25) is 0 Å². The van der Waals surface area contributed by atoms with Gasteiger partial charge in [-0.15, -0.1) is 0 Å². The van der Waals surface area contributed by atoms with E-state index in [1.54, 1.807) is 30.5 Å². The lowest BCUT2D eigenvalue weighted by atomic mass is 10.2. The second-order valence-electron chi connectivity index (χ2n) is 7.96. The molecule has 0 amide bonds. The highest BCUT2D eigenvalue weighted by Gasteiger charge is 2.30. The molecule has 3 aromatic carbocycles. The van der Waals surface area contributed by atoms with Crippen LogP contribution in [0.4, 0.5) is 11.5 Å². The fourth-order valence-corrected chi connectivity index (χ4v) is 5.21. The van der Waals surface area contributed by atoms with E-state index in [2.05, 4.69) is 15.1 Å². The number of rotatable bonds is 5. The van der Waals surface area contributed by atoms with E-state index in [9.17, 15) is 8.42 Å². The molecule has 5 rings (SSSR count). The molecule has 0 bridgehead atoms. The van der Waals surface area contributed by atoms with Gasteiger partial charge in [-0.2, -0.15) is 9.78 Å². The van der Waals surface area contributed by atoms with Gasteiger partial charge in [0.1, 0.15) is 16.2 Å². The van der Waals surface area contributed by atoms with Gasteiger partial charge in [0, 0.05) is 19.8 Å². The first-order valence-electron chi connectivity index (χ1n) is 10.5. The minimum atomic E-state index is -3.97. The second kappa shape index (κ2) is 8.27. The van der Waals surface area contributed by atoms with Crippen molar-refractivity contribution in [1.29, 1.82) is 0 Å². The molecule has 170 valence electrons. The van der Waals surface area contributed by atoms with Crippen molar-refractivity contribution in [3.05, 3.63) is 84.4 Å². The van der Waals surface area contributed by atoms with Crippen LogP contribution in [0.15, 0.2) is 93.8 Å². The first kappa shape index (κ1) is 21.6. The first-order valence-corrected chi connectivity index (χ1v) is 12.0. The van der Waals surface area contributed by atoms with Gasteiger partial charge in [-0.1, -0.05) is 42.5 Å². The molecule has 0 unspecified atom stereocenters. The summed E-state index contributed by atoms with van der Waals surface area (Å²) in [6, 6.07) is 23.2. The third-order valence-corrected chi connectivity index (χ3v) is 7.32. The lowest BCUT2D eigenvalue weighted by Gasteiger charge is -2.11. The summed E-state index contributed by atoms with van der Waals surface area (Å²) in [5, 5.41) is 4.50. The maximum Gasteiger partial charge on any atom is 0.212 e. The van der Waals surface area contributed by atoms with E-state index in [-0.39, 0.29) is 26.8 Å². The summed E-state index contributed by atoms with van der Waals surface area (Å²) in [6.07, 6.45) is 1.62. The molecular weight excluding hydrogens is 448 g/mol. The van der Waals surface area contributed by atoms with Gasteiger partial charge in [0.05, 0.1) is 22.1 Å². The molecule has 34 heavy (non-hydrogen) atoms. The van der Waals surface area contributed by atoms with Crippen LogP contribution < -0.4 is 10.6 Å². The number of nitrogen functional groups attached to an aromatic ring is 1. The molecule has 0 aliphatic heterocycles. The zero-order valence-corrected chi connectivity index (χ0v) is 19.4. The van der Waals surface area contributed by atoms with E-state index < -0.39 is 9.84 Å². The van der Waals surface area contributed by atoms with Crippen LogP contribution in [0.25, 0.3) is 22.2 Å². The van der Waals surface area contributed by atoms with Crippen molar-refractivity contribution < 1.29 is 8.42 Å². The van der Waals surface area contributed by atoms with E-state index in [0.717, 1.165) is 11.3 Å². The molecule has 2 heterocycles. The molecule has 0 aliphatic carbocycles. The highest BCUT2D eigenvalue weighted by atomic mass is 32.2. The number of benzene rings is 3. The minimum Gasteiger partial charge on any atom is -0.382 e. The molecule has 0 radical (unpaired) electrons. The predicted octanol–water partition coefficient (Wildman–Crippen LogP) is 3.95. The largest absolute Gasteiger partial charge is 0.382 e. The van der Waals surface area contributed by atoms with E-state index in [4.69, 9.17) is 5.73 Å². The standard InChI is InChI=1S/C25H22N6O2S/c1-30(2)18-14-12-17(13-15-18)16-27-31-24(26)23(34(32,33)19-8-4-3-5-9-19)22-25(31)29-21-11-7-6-10-20(21)28-22/h3-16H,26H2,1-2H3/b27-16-. The van der Waals surface area contributed by atoms with Crippen LogP contribution in [0, 0.1) is 0 Å². The number of para-hydroxylation sites is 2. The van der Waals surface area contributed by atoms with Crippen molar-refractivity contribution in [2.75, 3.05) is 24.7 Å². The van der Waals surface area contributed by atoms with Crippen molar-refractivity contribution in [3.8, 4) is 0 Å². The second-order valence-corrected chi connectivity index (χ2v) is 9.84. The highest BCUT2D eigenvalue weighted by Crippen LogP contribution is 2.35. The van der Waals surface area contributed by atoms with Crippen molar-refractivity contribution >= 4 is 49.8 Å². The predicted molar refractivity (Wildman–Crippen MR) is 135 cm³/mol. The fraction of sp³-hybridized carbons (Fsp3) is 0.0800. The SMILES string of the molecule is CN(C)c1ccc(/C=N\n2c(N)c(S(=O)(=O)c3ccccc3)c3nc4ccccc4nc32)cc1. The Balaban J connectivity index is 1.73. The van der Waals surface area contributed by atoms with Crippen LogP contribution in [0.1, 0.15) is 5.56 Å². The number of hydrogen-bond acceptors (Lipinski definition) is 7. The van der Waals surface area contributed by atoms with E-state index >= 15 is 0 Å². The van der Waals surface area contributed by atoms with Gasteiger partial charge in [-0.25, -0.2) is 18.4 Å². The molecule has 0 aliphatic rings. The highest BCUT2D eigenvalue weighted by molar-refractivity contribution is 7.92. The Morgan fingerprint density at radius 1 is 0.882 bits per heavy atom. The molecule has 5 aromatic rings. The number of aromatic nitrogens is 3. The van der Waals surface area contributed by atoms with E-state index in [1.807, 2.05) is 61.5 Å². The zero-order valence-electron chi connectivity index (χ0n) is 18.6. The van der Waals surface area contributed by atoms with Gasteiger partial charge < -0.3 is 10.6 Å². The van der Waals surface area contributed by atoms with Crippen molar-refractivity contribution in [2.45, 2.75) is 9.79 Å². The molecule has 0 fully saturated rings. The maximum absolute atomic E-state index is 13.6.